The second-order valence-electron chi connectivity index (χ2n) is 6.19. The van der Waals surface area contributed by atoms with Gasteiger partial charge in [-0.05, 0) is 31.2 Å². The highest BCUT2D eigenvalue weighted by molar-refractivity contribution is 5.96. The van der Waals surface area contributed by atoms with Crippen molar-refractivity contribution in [2.45, 2.75) is 19.4 Å². The van der Waals surface area contributed by atoms with E-state index in [1.54, 1.807) is 31.6 Å². The van der Waals surface area contributed by atoms with Gasteiger partial charge in [0.2, 0.25) is 0 Å². The second-order valence-corrected chi connectivity index (χ2v) is 6.19. The minimum atomic E-state index is -0.185. The number of anilines is 1. The molecule has 6 heteroatoms. The Balaban J connectivity index is 1.82. The summed E-state index contributed by atoms with van der Waals surface area (Å²) < 4.78 is 1.42. The van der Waals surface area contributed by atoms with E-state index < -0.39 is 0 Å². The standard InChI is InChI=1S/C20H21N5O/c1-14(23-16-6-4-3-5-7-16)12-17(21)20-24-18(13-19(26)25(20)2)15-8-10-22-11-9-15/h3-11,13-14,21,23H,12H2,1-2H3/t14-/m1/s1. The monoisotopic (exact) mass is 347 g/mol. The van der Waals surface area contributed by atoms with Crippen LogP contribution in [0.2, 0.25) is 0 Å². The maximum atomic E-state index is 12.3. The Labute approximate surface area is 152 Å². The smallest absolute Gasteiger partial charge is 0.254 e. The molecule has 3 aromatic rings. The van der Waals surface area contributed by atoms with E-state index >= 15 is 0 Å². The quantitative estimate of drug-likeness (QED) is 0.671. The van der Waals surface area contributed by atoms with Crippen LogP contribution in [-0.2, 0) is 7.05 Å². The Morgan fingerprint density at radius 3 is 2.58 bits per heavy atom. The molecular weight excluding hydrogens is 326 g/mol. The number of aromatic nitrogens is 3. The van der Waals surface area contributed by atoms with E-state index in [-0.39, 0.29) is 11.6 Å². The van der Waals surface area contributed by atoms with E-state index in [4.69, 9.17) is 5.41 Å². The van der Waals surface area contributed by atoms with E-state index in [1.807, 2.05) is 37.3 Å². The minimum Gasteiger partial charge on any atom is -0.382 e. The van der Waals surface area contributed by atoms with Gasteiger partial charge in [-0.25, -0.2) is 4.98 Å². The van der Waals surface area contributed by atoms with Gasteiger partial charge in [0.15, 0.2) is 5.82 Å². The molecular formula is C20H21N5O. The number of hydrogen-bond acceptors (Lipinski definition) is 5. The predicted octanol–water partition coefficient (Wildman–Crippen LogP) is 3.10. The van der Waals surface area contributed by atoms with Crippen LogP contribution >= 0.6 is 0 Å². The summed E-state index contributed by atoms with van der Waals surface area (Å²) in [4.78, 5) is 20.8. The molecule has 0 saturated heterocycles. The van der Waals surface area contributed by atoms with Crippen molar-refractivity contribution in [2.75, 3.05) is 5.32 Å². The average Bonchev–Trinajstić information content (AvgIpc) is 2.65. The zero-order chi connectivity index (χ0) is 18.5. The number of hydrogen-bond donors (Lipinski definition) is 2. The first kappa shape index (κ1) is 17.5. The van der Waals surface area contributed by atoms with Crippen molar-refractivity contribution in [3.63, 3.8) is 0 Å². The number of nitrogens with zero attached hydrogens (tertiary/aromatic N) is 3. The molecule has 0 fully saturated rings. The SMILES string of the molecule is C[C@H](CC(=N)c1nc(-c2ccncc2)cc(=O)n1C)Nc1ccccc1. The van der Waals surface area contributed by atoms with Gasteiger partial charge in [-0.1, -0.05) is 18.2 Å². The molecule has 0 aliphatic rings. The topological polar surface area (TPSA) is 83.7 Å². The van der Waals surface area contributed by atoms with Crippen LogP contribution in [-0.4, -0.2) is 26.3 Å². The van der Waals surface area contributed by atoms with Crippen LogP contribution < -0.4 is 10.9 Å². The second kappa shape index (κ2) is 7.74. The molecule has 0 radical (unpaired) electrons. The summed E-state index contributed by atoms with van der Waals surface area (Å²) in [5, 5.41) is 11.8. The van der Waals surface area contributed by atoms with Crippen molar-refractivity contribution in [1.29, 1.82) is 5.41 Å². The molecule has 0 unspecified atom stereocenters. The summed E-state index contributed by atoms with van der Waals surface area (Å²) in [5.41, 5.74) is 2.49. The third-order valence-corrected chi connectivity index (χ3v) is 4.08. The fourth-order valence-electron chi connectivity index (χ4n) is 2.75. The Morgan fingerprint density at radius 1 is 1.19 bits per heavy atom. The normalized spacial score (nSPS) is 11.8. The van der Waals surface area contributed by atoms with E-state index in [1.165, 1.54) is 10.6 Å². The molecule has 2 aromatic heterocycles. The molecule has 2 N–H and O–H groups in total. The van der Waals surface area contributed by atoms with Crippen LogP contribution in [0, 0.1) is 5.41 Å². The van der Waals surface area contributed by atoms with E-state index in [0.29, 0.717) is 23.7 Å². The van der Waals surface area contributed by atoms with Crippen LogP contribution in [0.15, 0.2) is 65.7 Å². The van der Waals surface area contributed by atoms with Crippen LogP contribution in [0.1, 0.15) is 19.2 Å². The van der Waals surface area contributed by atoms with Crippen molar-refractivity contribution < 1.29 is 0 Å². The third kappa shape index (κ3) is 4.03. The molecule has 132 valence electrons. The molecule has 6 nitrogen and oxygen atoms in total. The van der Waals surface area contributed by atoms with Crippen LogP contribution in [0.4, 0.5) is 5.69 Å². The number of pyridine rings is 1. The summed E-state index contributed by atoms with van der Waals surface area (Å²) in [6, 6.07) is 15.0. The molecule has 26 heavy (non-hydrogen) atoms. The lowest BCUT2D eigenvalue weighted by molar-refractivity contribution is 0.781. The molecule has 2 heterocycles. The van der Waals surface area contributed by atoms with Crippen molar-refractivity contribution in [3.05, 3.63) is 77.1 Å². The lowest BCUT2D eigenvalue weighted by atomic mass is 10.1. The molecule has 1 atom stereocenters. The van der Waals surface area contributed by atoms with Crippen molar-refractivity contribution in [2.24, 2.45) is 7.05 Å². The van der Waals surface area contributed by atoms with E-state index in [2.05, 4.69) is 15.3 Å². The number of nitrogens with one attached hydrogen (secondary N) is 2. The summed E-state index contributed by atoms with van der Waals surface area (Å²) in [7, 11) is 1.64. The molecule has 1 aromatic carbocycles. The highest BCUT2D eigenvalue weighted by Crippen LogP contribution is 2.15. The first-order valence-electron chi connectivity index (χ1n) is 8.42. The van der Waals surface area contributed by atoms with Crippen molar-refractivity contribution >= 4 is 11.4 Å². The lowest BCUT2D eigenvalue weighted by Gasteiger charge is -2.17. The third-order valence-electron chi connectivity index (χ3n) is 4.08. The Hall–Kier alpha value is -3.28. The van der Waals surface area contributed by atoms with Gasteiger partial charge in [0, 0.05) is 49.2 Å². The zero-order valence-corrected chi connectivity index (χ0v) is 14.8. The van der Waals surface area contributed by atoms with Crippen molar-refractivity contribution in [3.8, 4) is 11.3 Å². The molecule has 3 rings (SSSR count). The molecule has 0 amide bonds. The van der Waals surface area contributed by atoms with E-state index in [0.717, 1.165) is 11.3 Å². The van der Waals surface area contributed by atoms with Gasteiger partial charge < -0.3 is 10.7 Å². The summed E-state index contributed by atoms with van der Waals surface area (Å²) >= 11 is 0. The fraction of sp³-hybridized carbons (Fsp3) is 0.200. The van der Waals surface area contributed by atoms with Gasteiger partial charge in [0.25, 0.3) is 5.56 Å². The van der Waals surface area contributed by atoms with Gasteiger partial charge in [-0.2, -0.15) is 0 Å². The van der Waals surface area contributed by atoms with Crippen LogP contribution in [0.5, 0.6) is 0 Å². The molecule has 0 bridgehead atoms. The van der Waals surface area contributed by atoms with Gasteiger partial charge in [-0.3, -0.25) is 14.3 Å². The maximum Gasteiger partial charge on any atom is 0.254 e. The van der Waals surface area contributed by atoms with Gasteiger partial charge in [0.1, 0.15) is 0 Å². The van der Waals surface area contributed by atoms with Gasteiger partial charge in [0.05, 0.1) is 11.4 Å². The van der Waals surface area contributed by atoms with Gasteiger partial charge in [-0.15, -0.1) is 0 Å². The maximum absolute atomic E-state index is 12.3. The molecule has 0 aliphatic carbocycles. The van der Waals surface area contributed by atoms with Crippen LogP contribution in [0.25, 0.3) is 11.3 Å². The first-order chi connectivity index (χ1) is 12.5. The molecule has 0 saturated carbocycles. The van der Waals surface area contributed by atoms with E-state index in [9.17, 15) is 4.79 Å². The Kier molecular flexibility index (Phi) is 5.22. The Morgan fingerprint density at radius 2 is 1.88 bits per heavy atom. The Bertz CT molecular complexity index is 951. The summed E-state index contributed by atoms with van der Waals surface area (Å²) in [5.74, 6) is 0.381. The lowest BCUT2D eigenvalue weighted by Crippen LogP contribution is -2.28. The highest BCUT2D eigenvalue weighted by Gasteiger charge is 2.15. The van der Waals surface area contributed by atoms with Crippen LogP contribution in [0.3, 0.4) is 0 Å². The summed E-state index contributed by atoms with van der Waals surface area (Å²) in [6.07, 6.45) is 3.77. The fourth-order valence-corrected chi connectivity index (χ4v) is 2.75. The highest BCUT2D eigenvalue weighted by atomic mass is 16.1. The number of rotatable bonds is 6. The zero-order valence-electron chi connectivity index (χ0n) is 14.8. The molecule has 0 aliphatic heterocycles. The van der Waals surface area contributed by atoms with Crippen molar-refractivity contribution in [1.82, 2.24) is 14.5 Å². The number of benzene rings is 1. The average molecular weight is 347 g/mol. The largest absolute Gasteiger partial charge is 0.382 e. The molecule has 0 spiro atoms. The minimum absolute atomic E-state index is 0.0337. The first-order valence-corrected chi connectivity index (χ1v) is 8.42. The van der Waals surface area contributed by atoms with Gasteiger partial charge >= 0.3 is 0 Å². The summed E-state index contributed by atoms with van der Waals surface area (Å²) in [6.45, 7) is 2.01. The predicted molar refractivity (Wildman–Crippen MR) is 104 cm³/mol. The number of para-hydroxylation sites is 1.